The van der Waals surface area contributed by atoms with E-state index in [2.05, 4.69) is 9.88 Å². The molecule has 0 radical (unpaired) electrons. The van der Waals surface area contributed by atoms with Gasteiger partial charge in [0.05, 0.1) is 0 Å². The first kappa shape index (κ1) is 19.5. The van der Waals surface area contributed by atoms with E-state index in [9.17, 15) is 9.59 Å². The lowest BCUT2D eigenvalue weighted by Crippen LogP contribution is -2.55. The lowest BCUT2D eigenvalue weighted by atomic mass is 9.88. The molecule has 2 aliphatic heterocycles. The van der Waals surface area contributed by atoms with E-state index in [4.69, 9.17) is 11.6 Å². The van der Waals surface area contributed by atoms with Gasteiger partial charge in [-0.1, -0.05) is 36.9 Å². The summed E-state index contributed by atoms with van der Waals surface area (Å²) in [6.07, 6.45) is 7.22. The first-order valence-electron chi connectivity index (χ1n) is 10.6. The predicted octanol–water partition coefficient (Wildman–Crippen LogP) is 2.95. The van der Waals surface area contributed by atoms with Crippen LogP contribution in [0.5, 0.6) is 0 Å². The summed E-state index contributed by atoms with van der Waals surface area (Å²) in [6.45, 7) is 3.53. The van der Waals surface area contributed by atoms with Crippen molar-refractivity contribution in [2.45, 2.75) is 51.0 Å². The Morgan fingerprint density at radius 2 is 1.64 bits per heavy atom. The third-order valence-electron chi connectivity index (χ3n) is 6.39. The number of halogens is 1. The Morgan fingerprint density at radius 3 is 2.36 bits per heavy atom. The molecule has 3 aliphatic rings. The summed E-state index contributed by atoms with van der Waals surface area (Å²) in [5.41, 5.74) is 0. The van der Waals surface area contributed by atoms with Crippen LogP contribution in [0.1, 0.15) is 44.9 Å². The quantitative estimate of drug-likeness (QED) is 0.727. The van der Waals surface area contributed by atoms with Gasteiger partial charge in [0.15, 0.2) is 0 Å². The van der Waals surface area contributed by atoms with Crippen LogP contribution in [-0.4, -0.2) is 65.4 Å². The molecule has 1 aliphatic carbocycles. The van der Waals surface area contributed by atoms with Crippen LogP contribution in [0.3, 0.4) is 0 Å². The maximum absolute atomic E-state index is 13.2. The fraction of sp³-hybridized carbons (Fsp3) is 0.667. The van der Waals surface area contributed by atoms with E-state index in [1.54, 1.807) is 6.07 Å². The molecule has 1 aromatic rings. The number of pyridine rings is 1. The zero-order chi connectivity index (χ0) is 19.5. The van der Waals surface area contributed by atoms with Crippen LogP contribution in [0.2, 0.25) is 5.15 Å². The zero-order valence-corrected chi connectivity index (χ0v) is 17.1. The van der Waals surface area contributed by atoms with Gasteiger partial charge in [0, 0.05) is 38.6 Å². The van der Waals surface area contributed by atoms with Gasteiger partial charge >= 0.3 is 0 Å². The van der Waals surface area contributed by atoms with Crippen molar-refractivity contribution in [1.29, 1.82) is 0 Å². The monoisotopic (exact) mass is 404 g/mol. The van der Waals surface area contributed by atoms with Crippen molar-refractivity contribution in [3.8, 4) is 0 Å². The summed E-state index contributed by atoms with van der Waals surface area (Å²) in [5.74, 6) is 1.33. The Hall–Kier alpha value is -1.82. The minimum Gasteiger partial charge on any atom is -0.353 e. The average molecular weight is 405 g/mol. The highest BCUT2D eigenvalue weighted by atomic mass is 35.5. The lowest BCUT2D eigenvalue weighted by Gasteiger charge is -2.38. The fourth-order valence-corrected chi connectivity index (χ4v) is 4.97. The first-order valence-corrected chi connectivity index (χ1v) is 11.0. The van der Waals surface area contributed by atoms with Gasteiger partial charge in [0.2, 0.25) is 11.8 Å². The molecular weight excluding hydrogens is 376 g/mol. The largest absolute Gasteiger partial charge is 0.353 e. The molecule has 0 N–H and O–H groups in total. The normalized spacial score (nSPS) is 23.9. The number of amides is 2. The minimum atomic E-state index is -0.259. The van der Waals surface area contributed by atoms with Crippen molar-refractivity contribution in [1.82, 2.24) is 14.8 Å². The highest BCUT2D eigenvalue weighted by Gasteiger charge is 2.39. The SMILES string of the molecule is O=C(C1CCCN1C(=O)C1CCCCC1)N1CCN(c2cccc(Cl)n2)CC1. The standard InChI is InChI=1S/C21H29ClN4O2/c22-18-9-4-10-19(23-18)24-12-14-25(15-13-24)21(28)17-8-5-11-26(17)20(27)16-6-2-1-3-7-16/h4,9-10,16-17H,1-3,5-8,11-15H2. The van der Waals surface area contributed by atoms with Gasteiger partial charge in [-0.05, 0) is 37.8 Å². The van der Waals surface area contributed by atoms with E-state index in [0.29, 0.717) is 18.2 Å². The van der Waals surface area contributed by atoms with E-state index < -0.39 is 0 Å². The van der Waals surface area contributed by atoms with Crippen LogP contribution in [-0.2, 0) is 9.59 Å². The van der Waals surface area contributed by atoms with Gasteiger partial charge in [-0.15, -0.1) is 0 Å². The van der Waals surface area contributed by atoms with Gasteiger partial charge in [-0.2, -0.15) is 0 Å². The molecule has 3 fully saturated rings. The lowest BCUT2D eigenvalue weighted by molar-refractivity contribution is -0.146. The third-order valence-corrected chi connectivity index (χ3v) is 6.60. The van der Waals surface area contributed by atoms with Crippen molar-refractivity contribution in [3.63, 3.8) is 0 Å². The Morgan fingerprint density at radius 1 is 0.893 bits per heavy atom. The van der Waals surface area contributed by atoms with Crippen molar-refractivity contribution >= 4 is 29.2 Å². The topological polar surface area (TPSA) is 56.8 Å². The minimum absolute atomic E-state index is 0.125. The molecule has 152 valence electrons. The van der Waals surface area contributed by atoms with Gasteiger partial charge in [-0.3, -0.25) is 9.59 Å². The Bertz CT molecular complexity index is 714. The molecule has 0 spiro atoms. The number of nitrogens with zero attached hydrogens (tertiary/aromatic N) is 4. The number of piperazine rings is 1. The van der Waals surface area contributed by atoms with Crippen LogP contribution in [0.25, 0.3) is 0 Å². The number of carbonyl (C=O) groups excluding carboxylic acids is 2. The molecule has 1 unspecified atom stereocenters. The molecule has 7 heteroatoms. The first-order chi connectivity index (χ1) is 13.6. The summed E-state index contributed by atoms with van der Waals surface area (Å²) < 4.78 is 0. The van der Waals surface area contributed by atoms with Gasteiger partial charge in [0.1, 0.15) is 17.0 Å². The Balaban J connectivity index is 1.35. The number of rotatable bonds is 3. The van der Waals surface area contributed by atoms with Gasteiger partial charge < -0.3 is 14.7 Å². The van der Waals surface area contributed by atoms with Crippen LogP contribution in [0, 0.1) is 5.92 Å². The maximum atomic E-state index is 13.2. The van der Waals surface area contributed by atoms with Crippen molar-refractivity contribution in [2.24, 2.45) is 5.92 Å². The molecule has 0 bridgehead atoms. The number of hydrogen-bond donors (Lipinski definition) is 0. The predicted molar refractivity (Wildman–Crippen MR) is 109 cm³/mol. The Kier molecular flexibility index (Phi) is 6.04. The summed E-state index contributed by atoms with van der Waals surface area (Å²) in [7, 11) is 0. The Labute approximate surface area is 171 Å². The highest BCUT2D eigenvalue weighted by molar-refractivity contribution is 6.29. The average Bonchev–Trinajstić information content (AvgIpc) is 3.23. The van der Waals surface area contributed by atoms with E-state index in [1.165, 1.54) is 6.42 Å². The number of hydrogen-bond acceptors (Lipinski definition) is 4. The number of aromatic nitrogens is 1. The van der Waals surface area contributed by atoms with Gasteiger partial charge in [-0.25, -0.2) is 4.98 Å². The summed E-state index contributed by atoms with van der Waals surface area (Å²) in [6, 6.07) is 5.36. The fourth-order valence-electron chi connectivity index (χ4n) is 4.81. The summed E-state index contributed by atoms with van der Waals surface area (Å²) in [4.78, 5) is 36.5. The van der Waals surface area contributed by atoms with Crippen molar-refractivity contribution in [3.05, 3.63) is 23.4 Å². The molecule has 28 heavy (non-hydrogen) atoms. The smallest absolute Gasteiger partial charge is 0.245 e. The van der Waals surface area contributed by atoms with Crippen LogP contribution in [0.4, 0.5) is 5.82 Å². The van der Waals surface area contributed by atoms with Gasteiger partial charge in [0.25, 0.3) is 0 Å². The van der Waals surface area contributed by atoms with E-state index in [0.717, 1.165) is 64.0 Å². The molecule has 1 aromatic heterocycles. The van der Waals surface area contributed by atoms with Crippen LogP contribution < -0.4 is 4.90 Å². The number of likely N-dealkylation sites (tertiary alicyclic amines) is 1. The second-order valence-electron chi connectivity index (χ2n) is 8.16. The van der Waals surface area contributed by atoms with Crippen molar-refractivity contribution in [2.75, 3.05) is 37.6 Å². The molecule has 6 nitrogen and oxygen atoms in total. The molecule has 2 amide bonds. The van der Waals surface area contributed by atoms with E-state index >= 15 is 0 Å². The highest BCUT2D eigenvalue weighted by Crippen LogP contribution is 2.29. The molecule has 3 heterocycles. The second kappa shape index (κ2) is 8.68. The maximum Gasteiger partial charge on any atom is 0.245 e. The molecule has 2 saturated heterocycles. The van der Waals surface area contributed by atoms with E-state index in [-0.39, 0.29) is 23.8 Å². The summed E-state index contributed by atoms with van der Waals surface area (Å²) in [5, 5.41) is 0.485. The molecular formula is C21H29ClN4O2. The number of anilines is 1. The van der Waals surface area contributed by atoms with Crippen LogP contribution in [0.15, 0.2) is 18.2 Å². The molecule has 1 saturated carbocycles. The van der Waals surface area contributed by atoms with Crippen molar-refractivity contribution < 1.29 is 9.59 Å². The second-order valence-corrected chi connectivity index (χ2v) is 8.54. The third kappa shape index (κ3) is 4.12. The van der Waals surface area contributed by atoms with Crippen LogP contribution >= 0.6 is 11.6 Å². The summed E-state index contributed by atoms with van der Waals surface area (Å²) >= 11 is 6.00. The molecule has 4 rings (SSSR count). The molecule has 1 atom stereocenters. The van der Waals surface area contributed by atoms with E-state index in [1.807, 2.05) is 21.9 Å². The molecule has 0 aromatic carbocycles. The zero-order valence-electron chi connectivity index (χ0n) is 16.4. The number of carbonyl (C=O) groups is 2.